The van der Waals surface area contributed by atoms with Gasteiger partial charge in [0.1, 0.15) is 17.2 Å². The predicted octanol–water partition coefficient (Wildman–Crippen LogP) is 2.95. The Labute approximate surface area is 152 Å². The van der Waals surface area contributed by atoms with Gasteiger partial charge >= 0.3 is 0 Å². The largest absolute Gasteiger partial charge is 0.496 e. The van der Waals surface area contributed by atoms with Crippen LogP contribution < -0.4 is 24.8 Å². The van der Waals surface area contributed by atoms with Crippen LogP contribution in [0.1, 0.15) is 15.3 Å². The summed E-state index contributed by atoms with van der Waals surface area (Å²) in [5, 5.41) is 6.60. The third-order valence-electron chi connectivity index (χ3n) is 3.70. The normalized spacial score (nSPS) is 11.2. The van der Waals surface area contributed by atoms with E-state index < -0.39 is 0 Å². The van der Waals surface area contributed by atoms with Gasteiger partial charge < -0.3 is 24.8 Å². The molecule has 0 aliphatic carbocycles. The molecule has 2 aromatic rings. The fourth-order valence-electron chi connectivity index (χ4n) is 2.40. The Morgan fingerprint density at radius 3 is 2.12 bits per heavy atom. The van der Waals surface area contributed by atoms with Gasteiger partial charge in [0.15, 0.2) is 5.96 Å². The first-order valence-electron chi connectivity index (χ1n) is 7.90. The molecular weight excluding hydrogens is 338 g/mol. The molecule has 0 aliphatic heterocycles. The van der Waals surface area contributed by atoms with Gasteiger partial charge in [-0.3, -0.25) is 4.99 Å². The molecule has 0 atom stereocenters. The molecule has 0 saturated carbocycles. The fourth-order valence-corrected chi connectivity index (χ4v) is 3.23. The molecule has 1 aromatic heterocycles. The molecule has 0 fully saturated rings. The van der Waals surface area contributed by atoms with Crippen molar-refractivity contribution in [3.05, 3.63) is 39.6 Å². The highest BCUT2D eigenvalue weighted by molar-refractivity contribution is 7.11. The maximum absolute atomic E-state index is 5.47. The number of ether oxygens (including phenoxy) is 3. The van der Waals surface area contributed by atoms with E-state index in [4.69, 9.17) is 14.2 Å². The summed E-state index contributed by atoms with van der Waals surface area (Å²) in [6, 6.07) is 7.91. The average Bonchev–Trinajstić information content (AvgIpc) is 3.06. The molecule has 2 rings (SSSR count). The number of methoxy groups -OCH3 is 3. The number of hydrogen-bond acceptors (Lipinski definition) is 5. The van der Waals surface area contributed by atoms with Gasteiger partial charge in [-0.2, -0.15) is 0 Å². The van der Waals surface area contributed by atoms with Crippen LogP contribution in [-0.2, 0) is 13.1 Å². The first-order chi connectivity index (χ1) is 12.1. The van der Waals surface area contributed by atoms with Crippen LogP contribution >= 0.6 is 11.3 Å². The van der Waals surface area contributed by atoms with Gasteiger partial charge in [0.25, 0.3) is 0 Å². The standard InChI is InChI=1S/C18H25N3O3S/c1-12-6-7-14(25-12)10-20-18(19-2)21-11-15-16(23-4)8-13(22-3)9-17(15)24-5/h6-9H,10-11H2,1-5H3,(H2,19,20,21). The van der Waals surface area contributed by atoms with E-state index in [1.165, 1.54) is 9.75 Å². The van der Waals surface area contributed by atoms with Crippen LogP contribution in [0.4, 0.5) is 0 Å². The van der Waals surface area contributed by atoms with Gasteiger partial charge in [-0.15, -0.1) is 11.3 Å². The molecule has 0 bridgehead atoms. The number of nitrogens with zero attached hydrogens (tertiary/aromatic N) is 1. The van der Waals surface area contributed by atoms with Crippen molar-refractivity contribution in [3.63, 3.8) is 0 Å². The van der Waals surface area contributed by atoms with Gasteiger partial charge in [0.2, 0.25) is 0 Å². The van der Waals surface area contributed by atoms with Gasteiger partial charge in [0.05, 0.1) is 40.0 Å². The Balaban J connectivity index is 2.05. The van der Waals surface area contributed by atoms with Gasteiger partial charge in [0, 0.05) is 28.9 Å². The SMILES string of the molecule is CN=C(NCc1ccc(C)s1)NCc1c(OC)cc(OC)cc1OC. The first kappa shape index (κ1) is 18.9. The Morgan fingerprint density at radius 2 is 1.64 bits per heavy atom. The van der Waals surface area contributed by atoms with Gasteiger partial charge in [-0.25, -0.2) is 0 Å². The molecule has 0 unspecified atom stereocenters. The van der Waals surface area contributed by atoms with Gasteiger partial charge in [-0.1, -0.05) is 0 Å². The van der Waals surface area contributed by atoms with Crippen molar-refractivity contribution >= 4 is 17.3 Å². The summed E-state index contributed by atoms with van der Waals surface area (Å²) in [7, 11) is 6.62. The van der Waals surface area contributed by atoms with E-state index in [0.29, 0.717) is 29.8 Å². The highest BCUT2D eigenvalue weighted by Gasteiger charge is 2.13. The number of benzene rings is 1. The summed E-state index contributed by atoms with van der Waals surface area (Å²) in [4.78, 5) is 6.82. The third-order valence-corrected chi connectivity index (χ3v) is 4.70. The van der Waals surface area contributed by atoms with Crippen molar-refractivity contribution in [2.75, 3.05) is 28.4 Å². The van der Waals surface area contributed by atoms with E-state index in [9.17, 15) is 0 Å². The number of thiophene rings is 1. The lowest BCUT2D eigenvalue weighted by molar-refractivity contribution is 0.368. The summed E-state index contributed by atoms with van der Waals surface area (Å²) in [6.45, 7) is 3.35. The lowest BCUT2D eigenvalue weighted by Gasteiger charge is -2.17. The van der Waals surface area contributed by atoms with Crippen molar-refractivity contribution in [1.29, 1.82) is 0 Å². The zero-order chi connectivity index (χ0) is 18.2. The fraction of sp³-hybridized carbons (Fsp3) is 0.389. The monoisotopic (exact) mass is 363 g/mol. The zero-order valence-electron chi connectivity index (χ0n) is 15.3. The molecule has 0 spiro atoms. The highest BCUT2D eigenvalue weighted by Crippen LogP contribution is 2.33. The van der Waals surface area contributed by atoms with Crippen LogP contribution in [-0.4, -0.2) is 34.3 Å². The molecular formula is C18H25N3O3S. The van der Waals surface area contributed by atoms with E-state index in [1.807, 2.05) is 12.1 Å². The maximum atomic E-state index is 5.47. The summed E-state index contributed by atoms with van der Waals surface area (Å²) >= 11 is 1.77. The second-order valence-corrected chi connectivity index (χ2v) is 6.67. The molecule has 0 amide bonds. The second kappa shape index (κ2) is 9.17. The minimum atomic E-state index is 0.513. The number of rotatable bonds is 7. The summed E-state index contributed by atoms with van der Waals surface area (Å²) in [6.07, 6.45) is 0. The van der Waals surface area contributed by atoms with Crippen molar-refractivity contribution < 1.29 is 14.2 Å². The molecule has 25 heavy (non-hydrogen) atoms. The van der Waals surface area contributed by atoms with E-state index in [-0.39, 0.29) is 0 Å². The molecule has 136 valence electrons. The average molecular weight is 363 g/mol. The number of nitrogens with one attached hydrogen (secondary N) is 2. The predicted molar refractivity (Wildman–Crippen MR) is 102 cm³/mol. The minimum absolute atomic E-state index is 0.513. The van der Waals surface area contributed by atoms with Gasteiger partial charge in [-0.05, 0) is 19.1 Å². The van der Waals surface area contributed by atoms with Crippen molar-refractivity contribution in [3.8, 4) is 17.2 Å². The highest BCUT2D eigenvalue weighted by atomic mass is 32.1. The van der Waals surface area contributed by atoms with E-state index in [0.717, 1.165) is 12.1 Å². The van der Waals surface area contributed by atoms with Crippen molar-refractivity contribution in [2.24, 2.45) is 4.99 Å². The molecule has 0 saturated heterocycles. The zero-order valence-corrected chi connectivity index (χ0v) is 16.1. The van der Waals surface area contributed by atoms with Crippen LogP contribution in [0.5, 0.6) is 17.2 Å². The van der Waals surface area contributed by atoms with Crippen LogP contribution in [0.25, 0.3) is 0 Å². The van der Waals surface area contributed by atoms with Crippen LogP contribution in [0.2, 0.25) is 0 Å². The number of aryl methyl sites for hydroxylation is 1. The quantitative estimate of drug-likeness (QED) is 0.585. The molecule has 0 aliphatic rings. The van der Waals surface area contributed by atoms with E-state index >= 15 is 0 Å². The number of guanidine groups is 1. The smallest absolute Gasteiger partial charge is 0.191 e. The van der Waals surface area contributed by atoms with Crippen LogP contribution in [0.15, 0.2) is 29.3 Å². The minimum Gasteiger partial charge on any atom is -0.496 e. The Morgan fingerprint density at radius 1 is 1.00 bits per heavy atom. The Kier molecular flexibility index (Phi) is 6.94. The van der Waals surface area contributed by atoms with Crippen LogP contribution in [0, 0.1) is 6.92 Å². The maximum Gasteiger partial charge on any atom is 0.191 e. The molecule has 7 heteroatoms. The van der Waals surface area contributed by atoms with Crippen molar-refractivity contribution in [1.82, 2.24) is 10.6 Å². The molecule has 6 nitrogen and oxygen atoms in total. The third kappa shape index (κ3) is 5.03. The molecule has 2 N–H and O–H groups in total. The summed E-state index contributed by atoms with van der Waals surface area (Å²) < 4.78 is 16.2. The van der Waals surface area contributed by atoms with E-state index in [1.54, 1.807) is 39.7 Å². The number of hydrogen-bond donors (Lipinski definition) is 2. The Hall–Kier alpha value is -2.41. The Bertz CT molecular complexity index is 703. The first-order valence-corrected chi connectivity index (χ1v) is 8.71. The molecule has 1 aromatic carbocycles. The van der Waals surface area contributed by atoms with Crippen molar-refractivity contribution in [2.45, 2.75) is 20.0 Å². The summed E-state index contributed by atoms with van der Waals surface area (Å²) in [5.41, 5.74) is 0.903. The second-order valence-electron chi connectivity index (χ2n) is 5.30. The topological polar surface area (TPSA) is 64.1 Å². The molecule has 0 radical (unpaired) electrons. The van der Waals surface area contributed by atoms with Crippen LogP contribution in [0.3, 0.4) is 0 Å². The van der Waals surface area contributed by atoms with E-state index in [2.05, 4.69) is 34.7 Å². The molecule has 1 heterocycles. The summed E-state index contributed by atoms with van der Waals surface area (Å²) in [5.74, 6) is 2.81. The lowest BCUT2D eigenvalue weighted by atomic mass is 10.1. The lowest BCUT2D eigenvalue weighted by Crippen LogP contribution is -2.36. The number of aliphatic imine (C=N–C) groups is 1.